The van der Waals surface area contributed by atoms with E-state index >= 15 is 0 Å². The topological polar surface area (TPSA) is 61.8 Å². The highest BCUT2D eigenvalue weighted by Crippen LogP contribution is 2.26. The van der Waals surface area contributed by atoms with Crippen LogP contribution in [0.2, 0.25) is 0 Å². The number of piperidine rings is 1. The van der Waals surface area contributed by atoms with Gasteiger partial charge in [0.25, 0.3) is 5.91 Å². The van der Waals surface area contributed by atoms with E-state index in [-0.39, 0.29) is 24.8 Å². The van der Waals surface area contributed by atoms with Crippen LogP contribution < -0.4 is 10.1 Å². The molecule has 1 fully saturated rings. The molecule has 0 bridgehead atoms. The summed E-state index contributed by atoms with van der Waals surface area (Å²) in [5.74, 6) is -0.203. The highest BCUT2D eigenvalue weighted by molar-refractivity contribution is 7.07. The van der Waals surface area contributed by atoms with Crippen molar-refractivity contribution in [2.45, 2.75) is 31.5 Å². The Bertz CT molecular complexity index is 753. The van der Waals surface area contributed by atoms with Gasteiger partial charge in [-0.15, -0.1) is 0 Å². The van der Waals surface area contributed by atoms with Crippen LogP contribution in [-0.4, -0.2) is 41.7 Å². The molecule has 1 unspecified atom stereocenters. The zero-order chi connectivity index (χ0) is 18.6. The summed E-state index contributed by atoms with van der Waals surface area (Å²) in [7, 11) is 1.51. The van der Waals surface area contributed by atoms with Gasteiger partial charge in [-0.05, 0) is 53.4 Å². The maximum Gasteiger partial charge on any atom is 0.256 e. The Morgan fingerprint density at radius 1 is 1.42 bits per heavy atom. The van der Waals surface area contributed by atoms with Gasteiger partial charge in [-0.3, -0.25) is 4.79 Å². The van der Waals surface area contributed by atoms with Gasteiger partial charge in [0, 0.05) is 31.7 Å². The van der Waals surface area contributed by atoms with Crippen LogP contribution in [0, 0.1) is 5.82 Å². The Morgan fingerprint density at radius 3 is 3.00 bits per heavy atom. The van der Waals surface area contributed by atoms with E-state index in [9.17, 15) is 14.3 Å². The zero-order valence-electron chi connectivity index (χ0n) is 14.7. The Hall–Kier alpha value is -1.96. The highest BCUT2D eigenvalue weighted by atomic mass is 32.1. The summed E-state index contributed by atoms with van der Waals surface area (Å²) in [6.45, 7) is 1.40. The summed E-state index contributed by atoms with van der Waals surface area (Å²) < 4.78 is 19.2. The van der Waals surface area contributed by atoms with Crippen molar-refractivity contribution >= 4 is 17.2 Å². The molecule has 1 aliphatic heterocycles. The van der Waals surface area contributed by atoms with Gasteiger partial charge < -0.3 is 20.1 Å². The van der Waals surface area contributed by atoms with Crippen molar-refractivity contribution in [2.75, 3.05) is 20.2 Å². The Labute approximate surface area is 156 Å². The molecular weight excluding hydrogens is 355 g/mol. The molecule has 0 aliphatic carbocycles. The summed E-state index contributed by atoms with van der Waals surface area (Å²) in [5, 5.41) is 18.0. The summed E-state index contributed by atoms with van der Waals surface area (Å²) in [4.78, 5) is 14.3. The number of ether oxygens (including phenoxy) is 1. The normalized spacial score (nSPS) is 20.4. The molecule has 5 nitrogen and oxygen atoms in total. The van der Waals surface area contributed by atoms with Gasteiger partial charge in [-0.1, -0.05) is 0 Å². The maximum atomic E-state index is 14.1. The lowest BCUT2D eigenvalue weighted by Gasteiger charge is -2.38. The third kappa shape index (κ3) is 4.23. The summed E-state index contributed by atoms with van der Waals surface area (Å²) in [6.07, 6.45) is 1.08. The molecule has 1 atom stereocenters. The number of aliphatic hydroxyl groups is 1. The fraction of sp³-hybridized carbons (Fsp3) is 0.421. The van der Waals surface area contributed by atoms with Crippen molar-refractivity contribution in [3.63, 3.8) is 0 Å². The Balaban J connectivity index is 1.65. The molecule has 0 saturated carbocycles. The van der Waals surface area contributed by atoms with E-state index in [1.54, 1.807) is 23.5 Å². The number of amides is 1. The van der Waals surface area contributed by atoms with Crippen LogP contribution in [0.1, 0.15) is 24.0 Å². The first-order valence-electron chi connectivity index (χ1n) is 8.58. The van der Waals surface area contributed by atoms with Crippen molar-refractivity contribution in [1.29, 1.82) is 0 Å². The molecule has 2 N–H and O–H groups in total. The van der Waals surface area contributed by atoms with E-state index in [0.717, 1.165) is 5.56 Å². The van der Waals surface area contributed by atoms with Gasteiger partial charge in [0.05, 0.1) is 7.11 Å². The average Bonchev–Trinajstić information content (AvgIpc) is 3.14. The minimum Gasteiger partial charge on any atom is -0.497 e. The Morgan fingerprint density at radius 2 is 2.27 bits per heavy atom. The molecule has 1 aromatic carbocycles. The number of nitrogens with one attached hydrogen (secondary N) is 1. The summed E-state index contributed by atoms with van der Waals surface area (Å²) >= 11 is 1.61. The van der Waals surface area contributed by atoms with E-state index in [1.165, 1.54) is 18.1 Å². The monoisotopic (exact) mass is 378 g/mol. The number of likely N-dealkylation sites (tertiary alicyclic amines) is 1. The average molecular weight is 378 g/mol. The number of carbonyl (C=O) groups excluding carboxylic acids is 1. The number of halogens is 1. The van der Waals surface area contributed by atoms with Crippen LogP contribution in [0.3, 0.4) is 0 Å². The Kier molecular flexibility index (Phi) is 5.90. The van der Waals surface area contributed by atoms with Gasteiger partial charge in [0.1, 0.15) is 11.6 Å². The lowest BCUT2D eigenvalue weighted by Crippen LogP contribution is -2.57. The van der Waals surface area contributed by atoms with E-state index in [1.807, 2.05) is 16.8 Å². The van der Waals surface area contributed by atoms with Crippen LogP contribution in [0.15, 0.2) is 35.0 Å². The number of nitrogens with zero attached hydrogens (tertiary/aromatic N) is 1. The van der Waals surface area contributed by atoms with Gasteiger partial charge in [0.15, 0.2) is 5.60 Å². The van der Waals surface area contributed by atoms with Crippen molar-refractivity contribution in [2.24, 2.45) is 0 Å². The van der Waals surface area contributed by atoms with Crippen LogP contribution in [0.4, 0.5) is 4.39 Å². The quantitative estimate of drug-likeness (QED) is 0.777. The molecule has 0 radical (unpaired) electrons. The minimum atomic E-state index is -1.45. The van der Waals surface area contributed by atoms with Gasteiger partial charge in [-0.25, -0.2) is 4.39 Å². The minimum absolute atomic E-state index is 0.120. The molecule has 1 amide bonds. The largest absolute Gasteiger partial charge is 0.497 e. The predicted molar refractivity (Wildman–Crippen MR) is 98.6 cm³/mol. The fourth-order valence-corrected chi connectivity index (χ4v) is 3.86. The molecule has 1 aliphatic rings. The van der Waals surface area contributed by atoms with Gasteiger partial charge >= 0.3 is 0 Å². The first-order valence-corrected chi connectivity index (χ1v) is 9.52. The van der Waals surface area contributed by atoms with E-state index < -0.39 is 5.60 Å². The van der Waals surface area contributed by atoms with Crippen LogP contribution in [0.25, 0.3) is 0 Å². The molecule has 1 aromatic heterocycles. The van der Waals surface area contributed by atoms with E-state index in [0.29, 0.717) is 37.2 Å². The highest BCUT2D eigenvalue weighted by Gasteiger charge is 2.41. The lowest BCUT2D eigenvalue weighted by molar-refractivity contribution is -0.157. The second kappa shape index (κ2) is 8.16. The standard InChI is InChI=1S/C19H23FN2O3S/c1-25-16-3-4-17(20)15(9-16)11-22-7-2-6-19(24,18(22)23)13-21-10-14-5-8-26-12-14/h3-5,8-9,12,21,24H,2,6-7,10-11,13H2,1H3. The SMILES string of the molecule is COc1ccc(F)c(CN2CCCC(O)(CNCc3ccsc3)C2=O)c1. The summed E-state index contributed by atoms with van der Waals surface area (Å²) in [6, 6.07) is 6.46. The summed E-state index contributed by atoms with van der Waals surface area (Å²) in [5.41, 5.74) is 0.0502. The third-order valence-electron chi connectivity index (χ3n) is 4.64. The molecule has 140 valence electrons. The molecule has 3 rings (SSSR count). The van der Waals surface area contributed by atoms with Gasteiger partial charge in [0.2, 0.25) is 0 Å². The van der Waals surface area contributed by atoms with Crippen molar-refractivity contribution in [3.05, 3.63) is 52.0 Å². The number of benzene rings is 1. The molecule has 7 heteroatoms. The molecule has 26 heavy (non-hydrogen) atoms. The zero-order valence-corrected chi connectivity index (χ0v) is 15.5. The molecule has 0 spiro atoms. The van der Waals surface area contributed by atoms with Crippen molar-refractivity contribution in [1.82, 2.24) is 10.2 Å². The number of hydrogen-bond acceptors (Lipinski definition) is 5. The van der Waals surface area contributed by atoms with E-state index in [2.05, 4.69) is 5.32 Å². The van der Waals surface area contributed by atoms with E-state index in [4.69, 9.17) is 4.74 Å². The van der Waals surface area contributed by atoms with Crippen molar-refractivity contribution in [3.8, 4) is 5.75 Å². The number of carbonyl (C=O) groups is 1. The smallest absolute Gasteiger partial charge is 0.256 e. The van der Waals surface area contributed by atoms with Crippen molar-refractivity contribution < 1.29 is 19.0 Å². The van der Waals surface area contributed by atoms with Crippen LogP contribution >= 0.6 is 11.3 Å². The lowest BCUT2D eigenvalue weighted by atomic mass is 9.91. The molecule has 2 heterocycles. The first kappa shape index (κ1) is 18.8. The molecule has 2 aromatic rings. The van der Waals surface area contributed by atoms with Crippen LogP contribution in [-0.2, 0) is 17.9 Å². The molecular formula is C19H23FN2O3S. The number of thiophene rings is 1. The maximum absolute atomic E-state index is 14.1. The predicted octanol–water partition coefficient (Wildman–Crippen LogP) is 2.54. The fourth-order valence-electron chi connectivity index (χ4n) is 3.19. The number of hydrogen-bond donors (Lipinski definition) is 2. The third-order valence-corrected chi connectivity index (χ3v) is 5.38. The molecule has 1 saturated heterocycles. The first-order chi connectivity index (χ1) is 12.5. The van der Waals surface area contributed by atoms with Gasteiger partial charge in [-0.2, -0.15) is 11.3 Å². The second-order valence-corrected chi connectivity index (χ2v) is 7.33. The number of methoxy groups -OCH3 is 1. The second-order valence-electron chi connectivity index (χ2n) is 6.55. The van der Waals surface area contributed by atoms with Crippen LogP contribution in [0.5, 0.6) is 5.75 Å². The number of rotatable bonds is 7.